The van der Waals surface area contributed by atoms with Gasteiger partial charge in [-0.1, -0.05) is 53.2 Å². The molecule has 2 aliphatic carbocycles. The Labute approximate surface area is 216 Å². The first-order chi connectivity index (χ1) is 16.6. The van der Waals surface area contributed by atoms with E-state index in [0.717, 1.165) is 38.0 Å². The van der Waals surface area contributed by atoms with Gasteiger partial charge in [-0.25, -0.2) is 0 Å². The number of aromatic hydroxyl groups is 3. The Morgan fingerprint density at radius 3 is 1.94 bits per heavy atom. The molecule has 0 aliphatic heterocycles. The first-order valence-electron chi connectivity index (χ1n) is 13.3. The zero-order chi connectivity index (χ0) is 27.6. The van der Waals surface area contributed by atoms with Gasteiger partial charge in [0.2, 0.25) is 0 Å². The molecule has 1 aromatic carbocycles. The van der Waals surface area contributed by atoms with Crippen LogP contribution in [0.15, 0.2) is 12.2 Å². The van der Waals surface area contributed by atoms with E-state index in [0.29, 0.717) is 12.6 Å². The summed E-state index contributed by atoms with van der Waals surface area (Å²) in [4.78, 5) is 23.0. The Balaban J connectivity index is 0.000000830. The standard InChI is InChI=1S/C25H34O6.C5H12/c1-13-6-7-18(25(5)9-8-15(10-19(13)25)24(3,4)31)14(2)20-22(29)16(11-26)21(28)17(12-27)23(20)30;1-4-5(2)3/h11-12,14-15,18-19,28-31H,1,6-10H2,2-5H3;5H,4H2,1-3H3/t14?,15-,18+,19+,25+;/m0./s1. The summed E-state index contributed by atoms with van der Waals surface area (Å²) in [5.74, 6) is -0.733. The molecule has 6 heteroatoms. The van der Waals surface area contributed by atoms with Crippen LogP contribution in [0.4, 0.5) is 0 Å². The Morgan fingerprint density at radius 1 is 1.03 bits per heavy atom. The van der Waals surface area contributed by atoms with E-state index >= 15 is 0 Å². The van der Waals surface area contributed by atoms with Gasteiger partial charge in [-0.3, -0.25) is 9.59 Å². The number of benzene rings is 1. The molecule has 6 nitrogen and oxygen atoms in total. The summed E-state index contributed by atoms with van der Waals surface area (Å²) in [6, 6.07) is 0. The monoisotopic (exact) mass is 502 g/mol. The lowest BCUT2D eigenvalue weighted by Crippen LogP contribution is -2.49. The zero-order valence-corrected chi connectivity index (χ0v) is 23.1. The molecule has 5 atom stereocenters. The van der Waals surface area contributed by atoms with Crippen LogP contribution in [0.3, 0.4) is 0 Å². The van der Waals surface area contributed by atoms with Crippen molar-refractivity contribution in [3.63, 3.8) is 0 Å². The zero-order valence-electron chi connectivity index (χ0n) is 23.1. The molecular weight excluding hydrogens is 456 g/mol. The Hall–Kier alpha value is -2.34. The van der Waals surface area contributed by atoms with Gasteiger partial charge < -0.3 is 20.4 Å². The predicted molar refractivity (Wildman–Crippen MR) is 143 cm³/mol. The molecule has 4 N–H and O–H groups in total. The average Bonchev–Trinajstić information content (AvgIpc) is 2.79. The highest BCUT2D eigenvalue weighted by Crippen LogP contribution is 2.62. The predicted octanol–water partition coefficient (Wildman–Crippen LogP) is 6.74. The first kappa shape index (κ1) is 29.9. The highest BCUT2D eigenvalue weighted by Gasteiger charge is 2.52. The van der Waals surface area contributed by atoms with Crippen molar-refractivity contribution in [2.75, 3.05) is 0 Å². The molecule has 1 unspecified atom stereocenters. The number of allylic oxidation sites excluding steroid dienone is 1. The molecule has 2 saturated carbocycles. The van der Waals surface area contributed by atoms with Gasteiger partial charge in [0.15, 0.2) is 12.6 Å². The van der Waals surface area contributed by atoms with Gasteiger partial charge in [-0.2, -0.15) is 0 Å². The van der Waals surface area contributed by atoms with Crippen molar-refractivity contribution in [2.24, 2.45) is 29.1 Å². The van der Waals surface area contributed by atoms with E-state index in [1.54, 1.807) is 0 Å². The number of phenols is 3. The van der Waals surface area contributed by atoms with Crippen molar-refractivity contribution >= 4 is 12.6 Å². The number of carbonyl (C=O) groups is 2. The van der Waals surface area contributed by atoms with E-state index < -0.39 is 22.8 Å². The van der Waals surface area contributed by atoms with Crippen LogP contribution < -0.4 is 0 Å². The lowest BCUT2D eigenvalue weighted by Gasteiger charge is -2.56. The fourth-order valence-corrected chi connectivity index (χ4v) is 6.34. The molecule has 0 spiro atoms. The summed E-state index contributed by atoms with van der Waals surface area (Å²) in [5.41, 5.74) is -0.407. The topological polar surface area (TPSA) is 115 Å². The highest BCUT2D eigenvalue weighted by atomic mass is 16.3. The van der Waals surface area contributed by atoms with E-state index in [-0.39, 0.29) is 45.8 Å². The fourth-order valence-electron chi connectivity index (χ4n) is 6.34. The van der Waals surface area contributed by atoms with E-state index in [4.69, 9.17) is 0 Å². The minimum absolute atomic E-state index is 0.0473. The van der Waals surface area contributed by atoms with Crippen molar-refractivity contribution in [3.8, 4) is 17.2 Å². The fraction of sp³-hybridized carbons (Fsp3) is 0.667. The summed E-state index contributed by atoms with van der Waals surface area (Å²) in [6.07, 6.45) is 6.06. The second-order valence-electron chi connectivity index (χ2n) is 12.1. The molecule has 3 rings (SSSR count). The maximum absolute atomic E-state index is 11.5. The maximum atomic E-state index is 11.5. The quantitative estimate of drug-likeness (QED) is 0.253. The van der Waals surface area contributed by atoms with Gasteiger partial charge in [-0.15, -0.1) is 0 Å². The van der Waals surface area contributed by atoms with Gasteiger partial charge in [-0.05, 0) is 81.0 Å². The largest absolute Gasteiger partial charge is 0.507 e. The molecule has 0 saturated heterocycles. The van der Waals surface area contributed by atoms with Gasteiger partial charge in [0.05, 0.1) is 16.7 Å². The number of phenolic OH excluding ortho intramolecular Hbond substituents is 3. The lowest BCUT2D eigenvalue weighted by molar-refractivity contribution is -0.0631. The molecule has 1 aromatic rings. The molecule has 0 heterocycles. The smallest absolute Gasteiger partial charge is 0.157 e. The summed E-state index contributed by atoms with van der Waals surface area (Å²) >= 11 is 0. The number of hydrogen-bond acceptors (Lipinski definition) is 6. The normalized spacial score (nSPS) is 27.0. The van der Waals surface area contributed by atoms with E-state index in [1.807, 2.05) is 20.8 Å². The Kier molecular flexibility index (Phi) is 9.44. The molecule has 0 bridgehead atoms. The van der Waals surface area contributed by atoms with Crippen LogP contribution in [0.2, 0.25) is 0 Å². The minimum atomic E-state index is -0.772. The van der Waals surface area contributed by atoms with Gasteiger partial charge in [0, 0.05) is 5.56 Å². The van der Waals surface area contributed by atoms with Crippen LogP contribution in [0.25, 0.3) is 0 Å². The van der Waals surface area contributed by atoms with Crippen LogP contribution in [0.1, 0.15) is 119 Å². The first-order valence-corrected chi connectivity index (χ1v) is 13.3. The van der Waals surface area contributed by atoms with Crippen LogP contribution in [-0.2, 0) is 0 Å². The minimum Gasteiger partial charge on any atom is -0.507 e. The molecular formula is C30H46O6. The van der Waals surface area contributed by atoms with Crippen molar-refractivity contribution < 1.29 is 30.0 Å². The Morgan fingerprint density at radius 2 is 1.53 bits per heavy atom. The molecule has 0 amide bonds. The van der Waals surface area contributed by atoms with Crippen molar-refractivity contribution in [3.05, 3.63) is 28.8 Å². The number of aldehydes is 2. The second kappa shape index (κ2) is 11.4. The molecule has 202 valence electrons. The molecule has 2 fully saturated rings. The number of carbonyl (C=O) groups excluding carboxylic acids is 2. The summed E-state index contributed by atoms with van der Waals surface area (Å²) in [7, 11) is 0. The van der Waals surface area contributed by atoms with Crippen LogP contribution in [0.5, 0.6) is 17.2 Å². The number of fused-ring (bicyclic) bond motifs is 1. The van der Waals surface area contributed by atoms with Crippen LogP contribution in [0, 0.1) is 29.1 Å². The number of rotatable bonds is 6. The van der Waals surface area contributed by atoms with Crippen molar-refractivity contribution in [1.82, 2.24) is 0 Å². The number of aliphatic hydroxyl groups is 1. The Bertz CT molecular complexity index is 938. The SMILES string of the molecule is C=C1CC[C@H](C(C)c2c(O)c(C=O)c(O)c(C=O)c2O)[C@@]2(C)CC[C@H](C(C)(C)O)C[C@H]12.CCC(C)C. The second-order valence-corrected chi connectivity index (χ2v) is 12.1. The van der Waals surface area contributed by atoms with Crippen LogP contribution >= 0.6 is 0 Å². The van der Waals surface area contributed by atoms with Gasteiger partial charge in [0.25, 0.3) is 0 Å². The van der Waals surface area contributed by atoms with Gasteiger partial charge in [0.1, 0.15) is 17.2 Å². The average molecular weight is 503 g/mol. The van der Waals surface area contributed by atoms with E-state index in [1.165, 1.54) is 12.0 Å². The molecule has 0 radical (unpaired) electrons. The summed E-state index contributed by atoms with van der Waals surface area (Å²) < 4.78 is 0. The third-order valence-electron chi connectivity index (χ3n) is 9.10. The lowest BCUT2D eigenvalue weighted by atomic mass is 9.49. The summed E-state index contributed by atoms with van der Waals surface area (Å²) in [6.45, 7) is 18.8. The van der Waals surface area contributed by atoms with Crippen molar-refractivity contribution in [1.29, 1.82) is 0 Å². The van der Waals surface area contributed by atoms with Crippen molar-refractivity contribution in [2.45, 2.75) is 98.5 Å². The van der Waals surface area contributed by atoms with E-state index in [2.05, 4.69) is 34.3 Å². The number of hydrogen-bond donors (Lipinski definition) is 4. The van der Waals surface area contributed by atoms with E-state index in [9.17, 15) is 30.0 Å². The molecule has 2 aliphatic rings. The molecule has 36 heavy (non-hydrogen) atoms. The highest BCUT2D eigenvalue weighted by molar-refractivity contribution is 5.94. The van der Waals surface area contributed by atoms with Crippen LogP contribution in [-0.4, -0.2) is 38.6 Å². The van der Waals surface area contributed by atoms with Gasteiger partial charge >= 0.3 is 0 Å². The third-order valence-corrected chi connectivity index (χ3v) is 9.10. The third kappa shape index (κ3) is 5.64. The molecule has 0 aromatic heterocycles. The maximum Gasteiger partial charge on any atom is 0.157 e. The summed E-state index contributed by atoms with van der Waals surface area (Å²) in [5, 5.41) is 42.2.